The van der Waals surface area contributed by atoms with Crippen LogP contribution in [0.1, 0.15) is 45.4 Å². The van der Waals surface area contributed by atoms with Crippen LogP contribution >= 0.6 is 0 Å². The molecule has 1 saturated heterocycles. The Morgan fingerprint density at radius 2 is 1.48 bits per heavy atom. The second kappa shape index (κ2) is 12.3. The summed E-state index contributed by atoms with van der Waals surface area (Å²) in [6.45, 7) is 6.71. The smallest absolute Gasteiger partial charge is 0.304 e. The van der Waals surface area contributed by atoms with Gasteiger partial charge in [0.25, 0.3) is 0 Å². The first-order valence-electron chi connectivity index (χ1n) is 11.6. The molecule has 0 bridgehead atoms. The van der Waals surface area contributed by atoms with Crippen LogP contribution in [0.2, 0.25) is 0 Å². The van der Waals surface area contributed by atoms with Gasteiger partial charge in [-0.05, 0) is 31.2 Å². The summed E-state index contributed by atoms with van der Waals surface area (Å²) >= 11 is 0. The zero-order valence-electron chi connectivity index (χ0n) is 19.1. The first-order valence-corrected chi connectivity index (χ1v) is 11.6. The van der Waals surface area contributed by atoms with E-state index in [1.165, 1.54) is 50.7 Å². The highest BCUT2D eigenvalue weighted by molar-refractivity contribution is 5.55. The third kappa shape index (κ3) is 7.28. The van der Waals surface area contributed by atoms with Gasteiger partial charge in [0, 0.05) is 44.4 Å². The lowest BCUT2D eigenvalue weighted by Crippen LogP contribution is -2.46. The summed E-state index contributed by atoms with van der Waals surface area (Å²) in [5, 5.41) is 18.5. The van der Waals surface area contributed by atoms with Crippen molar-refractivity contribution in [3.63, 3.8) is 0 Å². The van der Waals surface area contributed by atoms with Crippen LogP contribution in [0.15, 0.2) is 46.6 Å². The van der Waals surface area contributed by atoms with E-state index in [1.54, 1.807) is 12.1 Å². The molecule has 0 aliphatic carbocycles. The van der Waals surface area contributed by atoms with E-state index in [2.05, 4.69) is 22.1 Å². The lowest BCUT2D eigenvalue weighted by atomic mass is 10.1. The fraction of sp³-hybridized carbons (Fsp3) is 0.500. The summed E-state index contributed by atoms with van der Waals surface area (Å²) < 4.78 is 28.4. The minimum atomic E-state index is -0.992. The van der Waals surface area contributed by atoms with Crippen LogP contribution in [0.5, 0.6) is 0 Å². The summed E-state index contributed by atoms with van der Waals surface area (Å²) in [7, 11) is 0. The molecular weight excluding hydrogens is 428 g/mol. The predicted molar refractivity (Wildman–Crippen MR) is 126 cm³/mol. The Labute approximate surface area is 193 Å². The Hall–Kier alpha value is -2.94. The van der Waals surface area contributed by atoms with Crippen LogP contribution in [0, 0.1) is 21.7 Å². The minimum Gasteiger partial charge on any atom is -0.367 e. The topological polar surface area (TPSA) is 74.3 Å². The van der Waals surface area contributed by atoms with E-state index in [0.717, 1.165) is 44.9 Å². The number of benzene rings is 2. The molecule has 33 heavy (non-hydrogen) atoms. The number of hydrogen-bond donors (Lipinski definition) is 0. The molecule has 0 unspecified atom stereocenters. The number of rotatable bonds is 11. The highest BCUT2D eigenvalue weighted by Crippen LogP contribution is 2.28. The first kappa shape index (κ1) is 24.7. The van der Waals surface area contributed by atoms with E-state index in [-0.39, 0.29) is 17.2 Å². The standard InChI is InChI=1S/C24H31F2N5O2/c1-2-3-4-5-6-7-12-29-13-15-30(16-14-29)23-10-8-19(17-21(23)25)27-28-20-9-11-24(31(32)33)22(26)18-20/h8-11,17-18H,2-7,12-16H2,1H3. The Bertz CT molecular complexity index is 962. The Balaban J connectivity index is 1.50. The number of unbranched alkanes of at least 4 members (excludes halogenated alkanes) is 5. The van der Waals surface area contributed by atoms with Gasteiger partial charge in [-0.15, -0.1) is 0 Å². The van der Waals surface area contributed by atoms with Crippen molar-refractivity contribution in [1.82, 2.24) is 4.90 Å². The van der Waals surface area contributed by atoms with Gasteiger partial charge in [-0.3, -0.25) is 15.0 Å². The van der Waals surface area contributed by atoms with Crippen LogP contribution in [-0.4, -0.2) is 42.5 Å². The Kier molecular flexibility index (Phi) is 9.24. The van der Waals surface area contributed by atoms with Crippen molar-refractivity contribution in [3.8, 4) is 0 Å². The molecule has 7 nitrogen and oxygen atoms in total. The molecule has 0 atom stereocenters. The van der Waals surface area contributed by atoms with Gasteiger partial charge in [0.05, 0.1) is 22.0 Å². The van der Waals surface area contributed by atoms with E-state index < -0.39 is 16.4 Å². The number of anilines is 1. The number of nitro groups is 1. The fourth-order valence-electron chi connectivity index (χ4n) is 3.96. The van der Waals surface area contributed by atoms with Crippen molar-refractivity contribution in [1.29, 1.82) is 0 Å². The van der Waals surface area contributed by atoms with Crippen LogP contribution in [-0.2, 0) is 0 Å². The molecule has 0 aromatic heterocycles. The van der Waals surface area contributed by atoms with Crippen molar-refractivity contribution in [2.45, 2.75) is 45.4 Å². The van der Waals surface area contributed by atoms with Crippen LogP contribution in [0.4, 0.5) is 31.5 Å². The molecule has 2 aromatic carbocycles. The number of nitro benzene ring substituents is 1. The average Bonchev–Trinajstić information content (AvgIpc) is 2.80. The van der Waals surface area contributed by atoms with Crippen LogP contribution in [0.25, 0.3) is 0 Å². The van der Waals surface area contributed by atoms with Gasteiger partial charge >= 0.3 is 5.69 Å². The van der Waals surface area contributed by atoms with Gasteiger partial charge in [0.15, 0.2) is 0 Å². The lowest BCUT2D eigenvalue weighted by Gasteiger charge is -2.36. The SMILES string of the molecule is CCCCCCCCN1CCN(c2ccc(N=Nc3ccc([N+](=O)[O-])c(F)c3)cc2F)CC1. The first-order chi connectivity index (χ1) is 16.0. The molecule has 2 aromatic rings. The second-order valence-corrected chi connectivity index (χ2v) is 8.32. The number of piperazine rings is 1. The van der Waals surface area contributed by atoms with Crippen molar-refractivity contribution in [2.24, 2.45) is 10.2 Å². The average molecular weight is 460 g/mol. The van der Waals surface area contributed by atoms with Crippen molar-refractivity contribution in [2.75, 3.05) is 37.6 Å². The van der Waals surface area contributed by atoms with E-state index in [1.807, 2.05) is 4.90 Å². The molecule has 178 valence electrons. The van der Waals surface area contributed by atoms with E-state index in [4.69, 9.17) is 0 Å². The fourth-order valence-corrected chi connectivity index (χ4v) is 3.96. The predicted octanol–water partition coefficient (Wildman–Crippen LogP) is 6.77. The maximum absolute atomic E-state index is 14.7. The largest absolute Gasteiger partial charge is 0.367 e. The van der Waals surface area contributed by atoms with Gasteiger partial charge in [0.2, 0.25) is 5.82 Å². The van der Waals surface area contributed by atoms with Crippen molar-refractivity contribution < 1.29 is 13.7 Å². The molecule has 0 spiro atoms. The van der Waals surface area contributed by atoms with Gasteiger partial charge in [-0.25, -0.2) is 4.39 Å². The molecule has 1 heterocycles. The molecule has 3 rings (SSSR count). The molecule has 1 aliphatic rings. The molecular formula is C24H31F2N5O2. The molecule has 1 aliphatic heterocycles. The van der Waals surface area contributed by atoms with Crippen LogP contribution < -0.4 is 4.90 Å². The monoisotopic (exact) mass is 459 g/mol. The van der Waals surface area contributed by atoms with Gasteiger partial charge in [-0.2, -0.15) is 14.6 Å². The molecule has 1 fully saturated rings. The molecule has 0 radical (unpaired) electrons. The van der Waals surface area contributed by atoms with E-state index >= 15 is 0 Å². The number of hydrogen-bond acceptors (Lipinski definition) is 6. The Morgan fingerprint density at radius 1 is 0.879 bits per heavy atom. The summed E-state index contributed by atoms with van der Waals surface area (Å²) in [6.07, 6.45) is 7.71. The highest BCUT2D eigenvalue weighted by atomic mass is 19.1. The number of halogens is 2. The van der Waals surface area contributed by atoms with Gasteiger partial charge < -0.3 is 4.90 Å². The maximum atomic E-state index is 14.7. The lowest BCUT2D eigenvalue weighted by molar-refractivity contribution is -0.387. The maximum Gasteiger partial charge on any atom is 0.304 e. The van der Waals surface area contributed by atoms with E-state index in [0.29, 0.717) is 5.69 Å². The van der Waals surface area contributed by atoms with E-state index in [9.17, 15) is 18.9 Å². The summed E-state index contributed by atoms with van der Waals surface area (Å²) in [5.41, 5.74) is 0.312. The van der Waals surface area contributed by atoms with Crippen molar-refractivity contribution >= 4 is 22.7 Å². The quantitative estimate of drug-likeness (QED) is 0.161. The summed E-state index contributed by atoms with van der Waals surface area (Å²) in [5.74, 6) is -1.38. The third-order valence-corrected chi connectivity index (χ3v) is 5.88. The van der Waals surface area contributed by atoms with Gasteiger partial charge in [0.1, 0.15) is 5.82 Å². The highest BCUT2D eigenvalue weighted by Gasteiger charge is 2.19. The number of azo groups is 1. The van der Waals surface area contributed by atoms with Gasteiger partial charge in [-0.1, -0.05) is 39.0 Å². The molecule has 0 N–H and O–H groups in total. The second-order valence-electron chi connectivity index (χ2n) is 8.32. The zero-order valence-corrected chi connectivity index (χ0v) is 19.1. The minimum absolute atomic E-state index is 0.115. The molecule has 9 heteroatoms. The third-order valence-electron chi connectivity index (χ3n) is 5.88. The number of nitrogens with zero attached hydrogens (tertiary/aromatic N) is 5. The van der Waals surface area contributed by atoms with Crippen molar-refractivity contribution in [3.05, 3.63) is 58.1 Å². The Morgan fingerprint density at radius 3 is 2.09 bits per heavy atom. The summed E-state index contributed by atoms with van der Waals surface area (Å²) in [6, 6.07) is 7.88. The normalized spacial score (nSPS) is 14.8. The zero-order chi connectivity index (χ0) is 23.6. The van der Waals surface area contributed by atoms with Crippen LogP contribution in [0.3, 0.4) is 0 Å². The molecule has 0 saturated carbocycles. The molecule has 0 amide bonds. The summed E-state index contributed by atoms with van der Waals surface area (Å²) in [4.78, 5) is 14.4.